The van der Waals surface area contributed by atoms with E-state index in [1.165, 1.54) is 0 Å². The first-order chi connectivity index (χ1) is 8.47. The van der Waals surface area contributed by atoms with Gasteiger partial charge in [-0.1, -0.05) is 0 Å². The summed E-state index contributed by atoms with van der Waals surface area (Å²) in [5.74, 6) is 0. The van der Waals surface area contributed by atoms with E-state index in [0.717, 1.165) is 30.5 Å². The van der Waals surface area contributed by atoms with Gasteiger partial charge in [-0.25, -0.2) is 0 Å². The lowest BCUT2D eigenvalue weighted by molar-refractivity contribution is -0.174. The summed E-state index contributed by atoms with van der Waals surface area (Å²) in [6.45, 7) is -0.677. The fourth-order valence-electron chi connectivity index (χ4n) is 2.35. The van der Waals surface area contributed by atoms with Crippen LogP contribution in [0.25, 0.3) is 0 Å². The molecule has 0 bridgehead atoms. The highest BCUT2D eigenvalue weighted by molar-refractivity contribution is 5.28. The van der Waals surface area contributed by atoms with Crippen molar-refractivity contribution >= 4 is 0 Å². The van der Waals surface area contributed by atoms with Crippen molar-refractivity contribution in [3.63, 3.8) is 0 Å². The Morgan fingerprint density at radius 2 is 2.22 bits per heavy atom. The molecule has 0 saturated heterocycles. The average Bonchev–Trinajstić information content (AvgIpc) is 2.68. The van der Waals surface area contributed by atoms with Crippen LogP contribution in [-0.4, -0.2) is 24.0 Å². The van der Waals surface area contributed by atoms with Gasteiger partial charge < -0.3 is 15.0 Å². The Kier molecular flexibility index (Phi) is 3.97. The summed E-state index contributed by atoms with van der Waals surface area (Å²) in [6, 6.07) is 2.02. The lowest BCUT2D eigenvalue weighted by Crippen LogP contribution is -2.21. The number of nitrogens with zero attached hydrogens (tertiary/aromatic N) is 1. The molecule has 0 saturated carbocycles. The topological polar surface area (TPSA) is 40.2 Å². The van der Waals surface area contributed by atoms with E-state index < -0.39 is 12.8 Å². The molecule has 0 aromatic carbocycles. The lowest BCUT2D eigenvalue weighted by atomic mass is 9.94. The molecule has 18 heavy (non-hydrogen) atoms. The van der Waals surface area contributed by atoms with Gasteiger partial charge in [0.05, 0.1) is 6.61 Å². The van der Waals surface area contributed by atoms with Gasteiger partial charge in [-0.15, -0.1) is 0 Å². The molecule has 0 amide bonds. The third-order valence-corrected chi connectivity index (χ3v) is 3.18. The standard InChI is InChI=1S/C12H17F3N2O/c13-12(14,15)8-18-7-6-17-5-4-9-10(16)2-1-3-11(9)17/h4-5,10H,1-3,6-8,16H2. The molecular formula is C12H17F3N2O. The Hall–Kier alpha value is -1.01. The highest BCUT2D eigenvalue weighted by Crippen LogP contribution is 2.28. The molecule has 1 aliphatic carbocycles. The monoisotopic (exact) mass is 262 g/mol. The normalized spacial score (nSPS) is 19.9. The molecule has 3 nitrogen and oxygen atoms in total. The second-order valence-corrected chi connectivity index (χ2v) is 4.58. The number of halogens is 3. The Bertz CT molecular complexity index is 401. The smallest absolute Gasteiger partial charge is 0.370 e. The number of fused-ring (bicyclic) bond motifs is 1. The molecule has 0 radical (unpaired) electrons. The van der Waals surface area contributed by atoms with Crippen LogP contribution in [-0.2, 0) is 17.7 Å². The predicted octanol–water partition coefficient (Wildman–Crippen LogP) is 2.40. The number of rotatable bonds is 4. The van der Waals surface area contributed by atoms with Gasteiger partial charge in [0.1, 0.15) is 6.61 Å². The van der Waals surface area contributed by atoms with Crippen LogP contribution in [0.5, 0.6) is 0 Å². The zero-order valence-electron chi connectivity index (χ0n) is 10.0. The second kappa shape index (κ2) is 5.32. The van der Waals surface area contributed by atoms with Gasteiger partial charge in [0.25, 0.3) is 0 Å². The molecule has 0 aliphatic heterocycles. The molecule has 102 valence electrons. The molecule has 1 atom stereocenters. The van der Waals surface area contributed by atoms with Gasteiger partial charge in [0.15, 0.2) is 0 Å². The maximum absolute atomic E-state index is 11.9. The van der Waals surface area contributed by atoms with Gasteiger partial charge in [0, 0.05) is 24.5 Å². The molecule has 2 N–H and O–H groups in total. The van der Waals surface area contributed by atoms with Crippen molar-refractivity contribution in [2.45, 2.75) is 38.0 Å². The van der Waals surface area contributed by atoms with E-state index in [2.05, 4.69) is 4.74 Å². The van der Waals surface area contributed by atoms with Crippen LogP contribution in [0.3, 0.4) is 0 Å². The molecule has 0 spiro atoms. The summed E-state index contributed by atoms with van der Waals surface area (Å²) in [6.07, 6.45) is 0.573. The third kappa shape index (κ3) is 3.26. The van der Waals surface area contributed by atoms with E-state index in [1.54, 1.807) is 0 Å². The molecule has 1 unspecified atom stereocenters. The van der Waals surface area contributed by atoms with Gasteiger partial charge in [-0.05, 0) is 30.9 Å². The number of hydrogen-bond acceptors (Lipinski definition) is 2. The first kappa shape index (κ1) is 13.4. The largest absolute Gasteiger partial charge is 0.411 e. The quantitative estimate of drug-likeness (QED) is 0.846. The summed E-state index contributed by atoms with van der Waals surface area (Å²) in [5.41, 5.74) is 8.24. The lowest BCUT2D eigenvalue weighted by Gasteiger charge is -2.21. The number of hydrogen-bond donors (Lipinski definition) is 1. The zero-order chi connectivity index (χ0) is 13.2. The van der Waals surface area contributed by atoms with Gasteiger partial charge in [0.2, 0.25) is 0 Å². The molecule has 1 heterocycles. The molecular weight excluding hydrogens is 245 g/mol. The Balaban J connectivity index is 1.87. The summed E-state index contributed by atoms with van der Waals surface area (Å²) in [4.78, 5) is 0. The summed E-state index contributed by atoms with van der Waals surface area (Å²) in [7, 11) is 0. The van der Waals surface area contributed by atoms with E-state index in [0.29, 0.717) is 6.54 Å². The second-order valence-electron chi connectivity index (χ2n) is 4.58. The van der Waals surface area contributed by atoms with Crippen molar-refractivity contribution in [3.8, 4) is 0 Å². The van der Waals surface area contributed by atoms with E-state index in [1.807, 2.05) is 16.8 Å². The average molecular weight is 262 g/mol. The van der Waals surface area contributed by atoms with Crippen molar-refractivity contribution in [2.75, 3.05) is 13.2 Å². The van der Waals surface area contributed by atoms with Gasteiger partial charge in [-0.2, -0.15) is 13.2 Å². The minimum Gasteiger partial charge on any atom is -0.370 e. The van der Waals surface area contributed by atoms with Crippen molar-refractivity contribution < 1.29 is 17.9 Å². The fourth-order valence-corrected chi connectivity index (χ4v) is 2.35. The highest BCUT2D eigenvalue weighted by atomic mass is 19.4. The van der Waals surface area contributed by atoms with Crippen LogP contribution in [0.1, 0.15) is 30.1 Å². The zero-order valence-corrected chi connectivity index (χ0v) is 10.0. The van der Waals surface area contributed by atoms with Crippen LogP contribution >= 0.6 is 0 Å². The number of aromatic nitrogens is 1. The van der Waals surface area contributed by atoms with Crippen LogP contribution < -0.4 is 5.73 Å². The fraction of sp³-hybridized carbons (Fsp3) is 0.667. The van der Waals surface area contributed by atoms with Crippen molar-refractivity contribution in [1.29, 1.82) is 0 Å². The van der Waals surface area contributed by atoms with Crippen LogP contribution in [0.15, 0.2) is 12.3 Å². The number of ether oxygens (including phenoxy) is 1. The third-order valence-electron chi connectivity index (χ3n) is 3.18. The minimum absolute atomic E-state index is 0.0612. The van der Waals surface area contributed by atoms with Crippen LogP contribution in [0, 0.1) is 0 Å². The van der Waals surface area contributed by atoms with Gasteiger partial charge >= 0.3 is 6.18 Å². The van der Waals surface area contributed by atoms with Gasteiger partial charge in [-0.3, -0.25) is 0 Å². The molecule has 6 heteroatoms. The maximum Gasteiger partial charge on any atom is 0.411 e. The van der Waals surface area contributed by atoms with E-state index in [-0.39, 0.29) is 12.6 Å². The van der Waals surface area contributed by atoms with E-state index >= 15 is 0 Å². The van der Waals surface area contributed by atoms with Crippen molar-refractivity contribution in [1.82, 2.24) is 4.57 Å². The van der Waals surface area contributed by atoms with E-state index in [9.17, 15) is 13.2 Å². The Morgan fingerprint density at radius 1 is 1.44 bits per heavy atom. The van der Waals surface area contributed by atoms with Crippen molar-refractivity contribution in [2.24, 2.45) is 5.73 Å². The molecule has 1 aromatic heterocycles. The summed E-state index contributed by atoms with van der Waals surface area (Å²) >= 11 is 0. The summed E-state index contributed by atoms with van der Waals surface area (Å²) < 4.78 is 42.3. The molecule has 2 rings (SSSR count). The predicted molar refractivity (Wildman–Crippen MR) is 61.2 cm³/mol. The Morgan fingerprint density at radius 3 is 2.94 bits per heavy atom. The molecule has 1 aliphatic rings. The molecule has 1 aromatic rings. The first-order valence-electron chi connectivity index (χ1n) is 6.05. The first-order valence-corrected chi connectivity index (χ1v) is 6.05. The molecule has 0 fully saturated rings. The minimum atomic E-state index is -4.25. The van der Waals surface area contributed by atoms with Crippen LogP contribution in [0.4, 0.5) is 13.2 Å². The van der Waals surface area contributed by atoms with Crippen molar-refractivity contribution in [3.05, 3.63) is 23.5 Å². The SMILES string of the molecule is NC1CCCc2c1ccn2CCOCC(F)(F)F. The summed E-state index contributed by atoms with van der Waals surface area (Å²) in [5, 5.41) is 0. The maximum atomic E-state index is 11.9. The van der Waals surface area contributed by atoms with Crippen LogP contribution in [0.2, 0.25) is 0 Å². The van der Waals surface area contributed by atoms with E-state index in [4.69, 9.17) is 5.73 Å². The number of nitrogens with two attached hydrogens (primary N) is 1. The number of alkyl halides is 3. The Labute approximate surface area is 104 Å². The highest BCUT2D eigenvalue weighted by Gasteiger charge is 2.27.